The number of nitriles is 1. The van der Waals surface area contributed by atoms with E-state index in [2.05, 4.69) is 53.9 Å². The third kappa shape index (κ3) is 4.09. The van der Waals surface area contributed by atoms with Gasteiger partial charge in [0.15, 0.2) is 0 Å². The van der Waals surface area contributed by atoms with Crippen LogP contribution in [0, 0.1) is 11.3 Å². The Morgan fingerprint density at radius 1 is 1.35 bits per heavy atom. The molecule has 0 saturated heterocycles. The summed E-state index contributed by atoms with van der Waals surface area (Å²) in [5.41, 5.74) is 1.16. The molecule has 5 nitrogen and oxygen atoms in total. The van der Waals surface area contributed by atoms with Crippen molar-refractivity contribution in [1.82, 2.24) is 9.97 Å². The molecule has 0 aliphatic rings. The van der Waals surface area contributed by atoms with Crippen molar-refractivity contribution in [2.75, 3.05) is 23.3 Å². The maximum Gasteiger partial charge on any atom is 0.137 e. The lowest BCUT2D eigenvalue weighted by atomic mass is 10.1. The van der Waals surface area contributed by atoms with Crippen LogP contribution in [0.5, 0.6) is 0 Å². The van der Waals surface area contributed by atoms with Gasteiger partial charge in [-0.15, -0.1) is 0 Å². The van der Waals surface area contributed by atoms with Gasteiger partial charge < -0.3 is 10.2 Å². The van der Waals surface area contributed by atoms with Crippen molar-refractivity contribution in [1.29, 1.82) is 5.26 Å². The Bertz CT molecular complexity index is 450. The van der Waals surface area contributed by atoms with Crippen molar-refractivity contribution in [2.45, 2.75) is 53.0 Å². The number of hydrogen-bond donors (Lipinski definition) is 1. The maximum absolute atomic E-state index is 8.83. The molecule has 20 heavy (non-hydrogen) atoms. The fraction of sp³-hybridized carbons (Fsp3) is 0.667. The predicted molar refractivity (Wildman–Crippen MR) is 82.9 cm³/mol. The van der Waals surface area contributed by atoms with Crippen LogP contribution >= 0.6 is 0 Å². The summed E-state index contributed by atoms with van der Waals surface area (Å²) in [5.74, 6) is 1.88. The number of anilines is 2. The smallest absolute Gasteiger partial charge is 0.137 e. The summed E-state index contributed by atoms with van der Waals surface area (Å²) in [5, 5.41) is 12.1. The molecule has 0 amide bonds. The minimum Gasteiger partial charge on any atom is -0.370 e. The summed E-state index contributed by atoms with van der Waals surface area (Å²) in [6, 6.07) is 2.52. The molecule has 1 heterocycles. The third-order valence-electron chi connectivity index (χ3n) is 3.13. The highest BCUT2D eigenvalue weighted by molar-refractivity contribution is 5.59. The van der Waals surface area contributed by atoms with E-state index in [1.54, 1.807) is 6.33 Å². The molecule has 110 valence electrons. The second-order valence-corrected chi connectivity index (χ2v) is 5.00. The molecule has 1 rings (SSSR count). The van der Waals surface area contributed by atoms with E-state index in [0.29, 0.717) is 19.0 Å². The van der Waals surface area contributed by atoms with Gasteiger partial charge in [-0.2, -0.15) is 5.26 Å². The fourth-order valence-corrected chi connectivity index (χ4v) is 2.23. The highest BCUT2D eigenvalue weighted by Crippen LogP contribution is 2.26. The van der Waals surface area contributed by atoms with Crippen LogP contribution in [0.3, 0.4) is 0 Å². The van der Waals surface area contributed by atoms with Gasteiger partial charge in [-0.25, -0.2) is 9.97 Å². The Kier molecular flexibility index (Phi) is 6.78. The predicted octanol–water partition coefficient (Wildman–Crippen LogP) is 2.99. The van der Waals surface area contributed by atoms with Gasteiger partial charge in [0.1, 0.15) is 18.0 Å². The van der Waals surface area contributed by atoms with Crippen LogP contribution < -0.4 is 10.2 Å². The number of nitrogens with zero attached hydrogens (tertiary/aromatic N) is 4. The van der Waals surface area contributed by atoms with Crippen molar-refractivity contribution >= 4 is 11.6 Å². The van der Waals surface area contributed by atoms with E-state index >= 15 is 0 Å². The van der Waals surface area contributed by atoms with Gasteiger partial charge in [-0.3, -0.25) is 0 Å². The second-order valence-electron chi connectivity index (χ2n) is 5.00. The number of hydrogen-bond acceptors (Lipinski definition) is 5. The molecule has 1 aromatic heterocycles. The van der Waals surface area contributed by atoms with E-state index in [1.807, 2.05) is 0 Å². The van der Waals surface area contributed by atoms with E-state index < -0.39 is 0 Å². The SMILES string of the molecule is CCCc1c(NCC)ncnc1N(CCC#N)C(C)C. The molecule has 0 saturated carbocycles. The summed E-state index contributed by atoms with van der Waals surface area (Å²) in [4.78, 5) is 11.0. The van der Waals surface area contributed by atoms with E-state index in [4.69, 9.17) is 5.26 Å². The van der Waals surface area contributed by atoms with Crippen LogP contribution in [-0.2, 0) is 6.42 Å². The molecular formula is C15H25N5. The van der Waals surface area contributed by atoms with E-state index in [0.717, 1.165) is 36.6 Å². The first-order chi connectivity index (χ1) is 9.65. The zero-order chi connectivity index (χ0) is 15.0. The minimum absolute atomic E-state index is 0.309. The van der Waals surface area contributed by atoms with Crippen molar-refractivity contribution < 1.29 is 0 Å². The highest BCUT2D eigenvalue weighted by Gasteiger charge is 2.18. The number of aromatic nitrogens is 2. The lowest BCUT2D eigenvalue weighted by Crippen LogP contribution is -2.33. The van der Waals surface area contributed by atoms with Crippen LogP contribution in [-0.4, -0.2) is 29.1 Å². The Hall–Kier alpha value is -1.83. The van der Waals surface area contributed by atoms with Gasteiger partial charge in [0.25, 0.3) is 0 Å². The van der Waals surface area contributed by atoms with Crippen molar-refractivity contribution in [3.8, 4) is 6.07 Å². The first-order valence-corrected chi connectivity index (χ1v) is 7.36. The molecule has 0 aromatic carbocycles. The lowest BCUT2D eigenvalue weighted by molar-refractivity contribution is 0.669. The van der Waals surface area contributed by atoms with Gasteiger partial charge in [0.05, 0.1) is 12.5 Å². The summed E-state index contributed by atoms with van der Waals surface area (Å²) in [6.45, 7) is 10.0. The molecular weight excluding hydrogens is 250 g/mol. The zero-order valence-corrected chi connectivity index (χ0v) is 13.0. The number of nitrogens with one attached hydrogen (secondary N) is 1. The van der Waals surface area contributed by atoms with Gasteiger partial charge in [-0.1, -0.05) is 13.3 Å². The first-order valence-electron chi connectivity index (χ1n) is 7.36. The maximum atomic E-state index is 8.83. The van der Waals surface area contributed by atoms with Crippen molar-refractivity contribution in [2.24, 2.45) is 0 Å². The molecule has 5 heteroatoms. The quantitative estimate of drug-likeness (QED) is 0.790. The topological polar surface area (TPSA) is 64.8 Å². The van der Waals surface area contributed by atoms with Crippen molar-refractivity contribution in [3.63, 3.8) is 0 Å². The summed E-state index contributed by atoms with van der Waals surface area (Å²) >= 11 is 0. The molecule has 0 aliphatic heterocycles. The fourth-order valence-electron chi connectivity index (χ4n) is 2.23. The minimum atomic E-state index is 0.309. The lowest BCUT2D eigenvalue weighted by Gasteiger charge is -2.29. The average Bonchev–Trinajstić information content (AvgIpc) is 2.42. The third-order valence-corrected chi connectivity index (χ3v) is 3.13. The molecule has 1 aromatic rings. The number of rotatable bonds is 8. The van der Waals surface area contributed by atoms with Crippen LogP contribution in [0.15, 0.2) is 6.33 Å². The molecule has 0 radical (unpaired) electrons. The van der Waals surface area contributed by atoms with E-state index in [-0.39, 0.29) is 0 Å². The monoisotopic (exact) mass is 275 g/mol. The Balaban J connectivity index is 3.18. The van der Waals surface area contributed by atoms with E-state index in [1.165, 1.54) is 0 Å². The largest absolute Gasteiger partial charge is 0.370 e. The Labute approximate surface area is 122 Å². The van der Waals surface area contributed by atoms with Crippen molar-refractivity contribution in [3.05, 3.63) is 11.9 Å². The first kappa shape index (κ1) is 16.2. The summed E-state index contributed by atoms with van der Waals surface area (Å²) in [7, 11) is 0. The van der Waals surface area contributed by atoms with E-state index in [9.17, 15) is 0 Å². The summed E-state index contributed by atoms with van der Waals surface area (Å²) < 4.78 is 0. The summed E-state index contributed by atoms with van der Waals surface area (Å²) in [6.07, 6.45) is 4.09. The van der Waals surface area contributed by atoms with Crippen LogP contribution in [0.25, 0.3) is 0 Å². The normalized spacial score (nSPS) is 10.4. The molecule has 0 unspecified atom stereocenters. The Morgan fingerprint density at radius 2 is 2.10 bits per heavy atom. The molecule has 0 aliphatic carbocycles. The molecule has 0 bridgehead atoms. The van der Waals surface area contributed by atoms with Crippen LogP contribution in [0.1, 0.15) is 46.1 Å². The zero-order valence-electron chi connectivity index (χ0n) is 13.0. The second kappa shape index (κ2) is 8.36. The molecule has 1 N–H and O–H groups in total. The van der Waals surface area contributed by atoms with Gasteiger partial charge in [0, 0.05) is 24.7 Å². The Morgan fingerprint density at radius 3 is 2.65 bits per heavy atom. The highest BCUT2D eigenvalue weighted by atomic mass is 15.2. The molecule has 0 spiro atoms. The van der Waals surface area contributed by atoms with Crippen LogP contribution in [0.4, 0.5) is 11.6 Å². The van der Waals surface area contributed by atoms with Gasteiger partial charge in [0.2, 0.25) is 0 Å². The average molecular weight is 275 g/mol. The van der Waals surface area contributed by atoms with Gasteiger partial charge >= 0.3 is 0 Å². The van der Waals surface area contributed by atoms with Gasteiger partial charge in [-0.05, 0) is 27.2 Å². The van der Waals surface area contributed by atoms with Crippen LogP contribution in [0.2, 0.25) is 0 Å². The molecule has 0 atom stereocenters. The molecule has 0 fully saturated rings. The standard InChI is InChI=1S/C15H25N5/c1-5-8-13-14(17-6-2)18-11-19-15(13)20(12(3)4)10-7-9-16/h11-12H,5-8,10H2,1-4H3,(H,17,18,19).